The number of alkyl carbamates (subject to hydrolysis) is 1. The lowest BCUT2D eigenvalue weighted by Gasteiger charge is -2.29. The minimum atomic E-state index is -1.25. The zero-order valence-corrected chi connectivity index (χ0v) is 49.6. The number of anilines is 2. The Labute approximate surface area is 491 Å². The molecule has 1 aliphatic carbocycles. The third-order valence-corrected chi connectivity index (χ3v) is 13.5. The fraction of sp³-hybridized carbons (Fsp3) is 0.649. The normalized spacial score (nSPS) is 15.0. The molecule has 84 heavy (non-hydrogen) atoms. The van der Waals surface area contributed by atoms with Gasteiger partial charge in [-0.3, -0.25) is 28.8 Å². The van der Waals surface area contributed by atoms with Crippen LogP contribution >= 0.6 is 0 Å². The summed E-state index contributed by atoms with van der Waals surface area (Å²) in [6.45, 7) is 18.0. The molecule has 1 fully saturated rings. The van der Waals surface area contributed by atoms with Crippen molar-refractivity contribution in [1.29, 1.82) is 0 Å². The summed E-state index contributed by atoms with van der Waals surface area (Å²) >= 11 is 0. The molecule has 0 spiro atoms. The highest BCUT2D eigenvalue weighted by molar-refractivity contribution is 5.99. The van der Waals surface area contributed by atoms with Gasteiger partial charge in [0.25, 0.3) is 5.88 Å². The summed E-state index contributed by atoms with van der Waals surface area (Å²) in [7, 11) is 0. The molecule has 0 aliphatic heterocycles. The lowest BCUT2D eigenvalue weighted by Crippen LogP contribution is -2.57. The number of aromatic nitrogens is 4. The molecule has 1 aliphatic rings. The molecule has 0 bridgehead atoms. The Hall–Kier alpha value is -7.61. The van der Waals surface area contributed by atoms with E-state index >= 15 is 0 Å². The number of azide groups is 1. The molecular weight excluding hydrogens is 1090 g/mol. The van der Waals surface area contributed by atoms with Crippen molar-refractivity contribution in [2.24, 2.45) is 22.9 Å². The van der Waals surface area contributed by atoms with Gasteiger partial charge < -0.3 is 70.6 Å². The Morgan fingerprint density at radius 1 is 0.810 bits per heavy atom. The van der Waals surface area contributed by atoms with Crippen LogP contribution in [-0.2, 0) is 72.0 Å². The van der Waals surface area contributed by atoms with Crippen LogP contribution in [0.3, 0.4) is 0 Å². The minimum absolute atomic E-state index is 0.0000460. The van der Waals surface area contributed by atoms with Crippen molar-refractivity contribution in [2.75, 3.05) is 76.9 Å². The summed E-state index contributed by atoms with van der Waals surface area (Å²) in [6, 6.07) is 3.25. The molecule has 27 heteroatoms. The Morgan fingerprint density at radius 2 is 1.49 bits per heavy atom. The number of ether oxygens (including phenoxy) is 6. The van der Waals surface area contributed by atoms with Crippen LogP contribution in [0.5, 0.6) is 5.88 Å². The lowest BCUT2D eigenvalue weighted by molar-refractivity contribution is -0.143. The third kappa shape index (κ3) is 25.5. The van der Waals surface area contributed by atoms with Gasteiger partial charge >= 0.3 is 12.1 Å². The number of nitrogen functional groups attached to an aromatic ring is 1. The number of carbonyl (C=O) groups is 7. The number of unbranched alkanes of at least 4 members (excludes halogenated alkanes) is 1. The van der Waals surface area contributed by atoms with Crippen molar-refractivity contribution in [3.05, 3.63) is 58.8 Å². The van der Waals surface area contributed by atoms with E-state index in [1.807, 2.05) is 13.8 Å². The van der Waals surface area contributed by atoms with Gasteiger partial charge in [-0.15, -0.1) is 10.2 Å². The molecule has 2 aromatic heterocycles. The fourth-order valence-corrected chi connectivity index (χ4v) is 8.98. The number of esters is 1. The highest BCUT2D eigenvalue weighted by atomic mass is 16.6. The molecule has 3 atom stereocenters. The smallest absolute Gasteiger partial charge is 0.407 e. The number of fused-ring (bicyclic) bond motifs is 1. The number of amides is 6. The van der Waals surface area contributed by atoms with Crippen LogP contribution < -0.4 is 42.4 Å². The maximum absolute atomic E-state index is 13.7. The van der Waals surface area contributed by atoms with Crippen LogP contribution in [0.15, 0.2) is 42.0 Å². The summed E-state index contributed by atoms with van der Waals surface area (Å²) in [6.07, 6.45) is 7.10. The second kappa shape index (κ2) is 38.3. The predicted molar refractivity (Wildman–Crippen MR) is 313 cm³/mol. The number of benzene rings is 1. The predicted octanol–water partition coefficient (Wildman–Crippen LogP) is 5.50. The van der Waals surface area contributed by atoms with Crippen LogP contribution in [0.2, 0.25) is 0 Å². The second-order valence-electron chi connectivity index (χ2n) is 21.1. The fourth-order valence-electron chi connectivity index (χ4n) is 8.98. The largest absolute Gasteiger partial charge is 0.472 e. The molecule has 1 saturated carbocycles. The van der Waals surface area contributed by atoms with E-state index in [9.17, 15) is 33.6 Å². The molecule has 2 heterocycles. The summed E-state index contributed by atoms with van der Waals surface area (Å²) in [5.74, 6) is -1.53. The van der Waals surface area contributed by atoms with Crippen molar-refractivity contribution in [2.45, 2.75) is 156 Å². The van der Waals surface area contributed by atoms with Crippen LogP contribution in [-0.4, -0.2) is 151 Å². The highest BCUT2D eigenvalue weighted by Gasteiger charge is 2.32. The van der Waals surface area contributed by atoms with Gasteiger partial charge in [0.1, 0.15) is 48.2 Å². The van der Waals surface area contributed by atoms with Gasteiger partial charge in [0.05, 0.1) is 45.7 Å². The Kier molecular flexibility index (Phi) is 31.4. The average molecular weight is 1180 g/mol. The van der Waals surface area contributed by atoms with Crippen LogP contribution in [0.1, 0.15) is 124 Å². The van der Waals surface area contributed by atoms with Gasteiger partial charge in [0, 0.05) is 62.5 Å². The molecule has 1 aromatic carbocycles. The number of nitrogens with two attached hydrogens (primary N) is 1. The molecule has 4 rings (SSSR count). The molecule has 27 nitrogen and oxygen atoms in total. The molecule has 8 N–H and O–H groups in total. The number of imidazole rings is 1. The van der Waals surface area contributed by atoms with E-state index in [-0.39, 0.29) is 82.8 Å². The summed E-state index contributed by atoms with van der Waals surface area (Å²) < 4.78 is 34.9. The SMILES string of the molecule is C=CCOC(=O)CCC(NC(=O)CCCC(=O)NCCOCCOCCOCCN=[N+]=[N-])C(=O)N[C@H](C(=O)N[C@H](C)C(=O)Nc1ccc(COC(=O)NCC2CCC(Cn3c(CCCC)nc4c(N)nnc(OC(C)C)c43)CC2)cc1)C(C)C. The van der Waals surface area contributed by atoms with Gasteiger partial charge in [0.2, 0.25) is 29.5 Å². The third-order valence-electron chi connectivity index (χ3n) is 13.5. The zero-order chi connectivity index (χ0) is 61.2. The number of hydrogen-bond donors (Lipinski definition) is 7. The summed E-state index contributed by atoms with van der Waals surface area (Å²) in [5.41, 5.74) is 17.0. The number of aryl methyl sites for hydroxylation is 1. The first-order chi connectivity index (χ1) is 40.4. The van der Waals surface area contributed by atoms with Gasteiger partial charge in [-0.1, -0.05) is 57.1 Å². The first kappa shape index (κ1) is 68.9. The van der Waals surface area contributed by atoms with Crippen LogP contribution in [0.4, 0.5) is 16.3 Å². The molecule has 3 aromatic rings. The van der Waals surface area contributed by atoms with E-state index in [2.05, 4.69) is 70.2 Å². The number of rotatable bonds is 40. The molecule has 0 saturated heterocycles. The summed E-state index contributed by atoms with van der Waals surface area (Å²) in [5, 5.41) is 28.1. The standard InChI is InChI=1S/C57H88N14O13/c1-8-10-12-45-66-50-51(56(84-38(5)6)69-68-52(50)58)71(45)35-41-17-15-40(16-18-41)34-61-57(78)83-36-42-19-21-43(22-20-42)64-53(75)39(7)63-55(77)49(37(3)4)67-54(76)44(23-24-48(74)82-27-9-2)65-47(73)14-11-13-46(72)60-25-28-79-30-32-81-33-31-80-29-26-62-70-59/h9,19-22,37-41,44,49H,2,8,10-18,23-36H2,1,3-7H3,(H2,58,68)(H,60,72)(H,61,78)(H,63,77)(H,64,75)(H,65,73)(H,67,76)/t39-,40?,41?,44?,49+/m1/s1. The van der Waals surface area contributed by atoms with Crippen molar-refractivity contribution in [1.82, 2.24) is 46.3 Å². The lowest BCUT2D eigenvalue weighted by atomic mass is 9.82. The molecule has 464 valence electrons. The topological polar surface area (TPSA) is 365 Å². The average Bonchev–Trinajstić information content (AvgIpc) is 2.86. The Morgan fingerprint density at radius 3 is 2.15 bits per heavy atom. The van der Waals surface area contributed by atoms with Crippen LogP contribution in [0.25, 0.3) is 21.5 Å². The molecule has 0 radical (unpaired) electrons. The van der Waals surface area contributed by atoms with Gasteiger partial charge in [0.15, 0.2) is 5.82 Å². The van der Waals surface area contributed by atoms with E-state index in [0.29, 0.717) is 74.1 Å². The van der Waals surface area contributed by atoms with Gasteiger partial charge in [-0.25, -0.2) is 9.78 Å². The van der Waals surface area contributed by atoms with Gasteiger partial charge in [-0.2, -0.15) is 0 Å². The number of carbonyl (C=O) groups excluding carboxylic acids is 7. The van der Waals surface area contributed by atoms with E-state index < -0.39 is 59.7 Å². The molecule has 1 unspecified atom stereocenters. The number of hydrogen-bond acceptors (Lipinski definition) is 18. The van der Waals surface area contributed by atoms with Crippen molar-refractivity contribution in [3.63, 3.8) is 0 Å². The monoisotopic (exact) mass is 1180 g/mol. The maximum atomic E-state index is 13.7. The van der Waals surface area contributed by atoms with Crippen molar-refractivity contribution < 1.29 is 62.0 Å². The minimum Gasteiger partial charge on any atom is -0.472 e. The molecular formula is C57H88N14O13. The van der Waals surface area contributed by atoms with E-state index in [1.54, 1.807) is 38.1 Å². The number of nitrogens with one attached hydrogen (secondary N) is 6. The molecule has 6 amide bonds. The first-order valence-electron chi connectivity index (χ1n) is 29.1. The van der Waals surface area contributed by atoms with Crippen molar-refractivity contribution >= 4 is 64.1 Å². The van der Waals surface area contributed by atoms with Gasteiger partial charge in [-0.05, 0) is 107 Å². The van der Waals surface area contributed by atoms with E-state index in [4.69, 9.17) is 44.7 Å². The van der Waals surface area contributed by atoms with Crippen molar-refractivity contribution in [3.8, 4) is 5.88 Å². The summed E-state index contributed by atoms with van der Waals surface area (Å²) in [4.78, 5) is 98.8. The Balaban J connectivity index is 1.17. The number of nitrogens with zero attached hydrogens (tertiary/aromatic N) is 7. The zero-order valence-electron chi connectivity index (χ0n) is 49.6. The first-order valence-corrected chi connectivity index (χ1v) is 29.1. The van der Waals surface area contributed by atoms with E-state index in [0.717, 1.165) is 62.8 Å². The highest BCUT2D eigenvalue weighted by Crippen LogP contribution is 2.34. The van der Waals surface area contributed by atoms with E-state index in [1.165, 1.54) is 13.0 Å². The van der Waals surface area contributed by atoms with Crippen LogP contribution in [0, 0.1) is 17.8 Å². The maximum Gasteiger partial charge on any atom is 0.407 e. The quantitative estimate of drug-likeness (QED) is 0.00923. The second-order valence-corrected chi connectivity index (χ2v) is 21.1. The Bertz CT molecular complexity index is 2620.